The second kappa shape index (κ2) is 8.55. The first-order chi connectivity index (χ1) is 15.6. The number of likely N-dealkylation sites (tertiary alicyclic amines) is 1. The number of carbonyl (C=O) groups is 2. The van der Waals surface area contributed by atoms with Gasteiger partial charge in [-0.1, -0.05) is 18.2 Å². The summed E-state index contributed by atoms with van der Waals surface area (Å²) in [4.78, 5) is 33.7. The highest BCUT2D eigenvalue weighted by atomic mass is 16.5. The number of nitrogens with zero attached hydrogens (tertiary/aromatic N) is 5. The van der Waals surface area contributed by atoms with Gasteiger partial charge in [-0.25, -0.2) is 9.67 Å². The van der Waals surface area contributed by atoms with Gasteiger partial charge in [-0.2, -0.15) is 5.10 Å². The van der Waals surface area contributed by atoms with E-state index in [2.05, 4.69) is 10.1 Å². The molecule has 1 aromatic carbocycles. The second-order valence-electron chi connectivity index (χ2n) is 8.29. The molecule has 0 saturated carbocycles. The van der Waals surface area contributed by atoms with Crippen LogP contribution in [0.3, 0.4) is 0 Å². The highest BCUT2D eigenvalue weighted by Gasteiger charge is 2.42. The number of hydrogen-bond donors (Lipinski definition) is 0. The molecule has 0 radical (unpaired) electrons. The van der Waals surface area contributed by atoms with Gasteiger partial charge in [0.2, 0.25) is 0 Å². The fourth-order valence-electron chi connectivity index (χ4n) is 4.47. The Morgan fingerprint density at radius 2 is 1.91 bits per heavy atom. The summed E-state index contributed by atoms with van der Waals surface area (Å²) >= 11 is 0. The molecular weight excluding hydrogens is 406 g/mol. The van der Waals surface area contributed by atoms with Crippen molar-refractivity contribution >= 4 is 17.5 Å². The standard InChI is InChI=1S/C24H25N5O3/c30-22-17-32-24(18-28(22)20-6-2-1-3-7-20)10-4-13-27(15-11-24)23(31)19-8-9-21(25-16-19)29-14-5-12-26-29/h1-3,5-9,12,14,16H,4,10-11,13,15,17-18H2/t24-/m0/s1. The lowest BCUT2D eigenvalue weighted by Gasteiger charge is -2.42. The fraction of sp³-hybridized carbons (Fsp3) is 0.333. The number of pyridine rings is 1. The van der Waals surface area contributed by atoms with Crippen molar-refractivity contribution in [2.24, 2.45) is 0 Å². The van der Waals surface area contributed by atoms with E-state index in [0.29, 0.717) is 37.4 Å². The van der Waals surface area contributed by atoms with Gasteiger partial charge in [0.1, 0.15) is 6.61 Å². The van der Waals surface area contributed by atoms with Crippen molar-refractivity contribution in [3.05, 3.63) is 72.7 Å². The van der Waals surface area contributed by atoms with Gasteiger partial charge in [-0.15, -0.1) is 0 Å². The number of aromatic nitrogens is 3. The zero-order chi connectivity index (χ0) is 22.0. The van der Waals surface area contributed by atoms with E-state index < -0.39 is 5.60 Å². The second-order valence-corrected chi connectivity index (χ2v) is 8.29. The topological polar surface area (TPSA) is 80.6 Å². The molecule has 164 valence electrons. The average molecular weight is 431 g/mol. The summed E-state index contributed by atoms with van der Waals surface area (Å²) in [6.45, 7) is 1.82. The van der Waals surface area contributed by atoms with E-state index in [4.69, 9.17) is 4.74 Å². The molecule has 0 unspecified atom stereocenters. The first-order valence-corrected chi connectivity index (χ1v) is 10.9. The Morgan fingerprint density at radius 3 is 2.66 bits per heavy atom. The third kappa shape index (κ3) is 4.01. The first-order valence-electron chi connectivity index (χ1n) is 10.9. The number of amides is 2. The quantitative estimate of drug-likeness (QED) is 0.637. The minimum atomic E-state index is -0.430. The molecule has 2 aliphatic rings. The summed E-state index contributed by atoms with van der Waals surface area (Å²) in [6, 6.07) is 15.1. The van der Waals surface area contributed by atoms with Crippen molar-refractivity contribution in [1.29, 1.82) is 0 Å². The molecule has 2 aromatic heterocycles. The lowest BCUT2D eigenvalue weighted by atomic mass is 9.92. The smallest absolute Gasteiger partial charge is 0.255 e. The Kier molecular flexibility index (Phi) is 5.45. The Morgan fingerprint density at radius 1 is 1.03 bits per heavy atom. The molecule has 1 spiro atoms. The molecular formula is C24H25N5O3. The van der Waals surface area contributed by atoms with Crippen LogP contribution in [-0.4, -0.2) is 63.3 Å². The van der Waals surface area contributed by atoms with Crippen LogP contribution in [0.15, 0.2) is 67.1 Å². The Hall–Kier alpha value is -3.52. The largest absolute Gasteiger partial charge is 0.363 e. The third-order valence-electron chi connectivity index (χ3n) is 6.24. The van der Waals surface area contributed by atoms with Crippen molar-refractivity contribution in [2.45, 2.75) is 24.9 Å². The van der Waals surface area contributed by atoms with E-state index in [1.54, 1.807) is 29.2 Å². The Balaban J connectivity index is 1.27. The van der Waals surface area contributed by atoms with E-state index in [0.717, 1.165) is 18.5 Å². The predicted octanol–water partition coefficient (Wildman–Crippen LogP) is 2.70. The lowest BCUT2D eigenvalue weighted by molar-refractivity contribution is -0.140. The molecule has 4 heterocycles. The van der Waals surface area contributed by atoms with Gasteiger partial charge in [0, 0.05) is 37.4 Å². The molecule has 0 N–H and O–H groups in total. The molecule has 0 bridgehead atoms. The summed E-state index contributed by atoms with van der Waals surface area (Å²) in [5.41, 5.74) is 1.02. The number of hydrogen-bond acceptors (Lipinski definition) is 5. The highest BCUT2D eigenvalue weighted by molar-refractivity contribution is 5.95. The molecule has 1 atom stereocenters. The number of para-hydroxylation sites is 1. The monoisotopic (exact) mass is 431 g/mol. The van der Waals surface area contributed by atoms with Crippen LogP contribution in [0.1, 0.15) is 29.6 Å². The molecule has 2 saturated heterocycles. The summed E-state index contributed by atoms with van der Waals surface area (Å²) in [7, 11) is 0. The van der Waals surface area contributed by atoms with Crippen LogP contribution in [0, 0.1) is 0 Å². The third-order valence-corrected chi connectivity index (χ3v) is 6.24. The maximum Gasteiger partial charge on any atom is 0.255 e. The van der Waals surface area contributed by atoms with Crippen LogP contribution in [0.4, 0.5) is 5.69 Å². The van der Waals surface area contributed by atoms with Gasteiger partial charge in [-0.3, -0.25) is 9.59 Å². The van der Waals surface area contributed by atoms with Crippen molar-refractivity contribution in [1.82, 2.24) is 19.7 Å². The van der Waals surface area contributed by atoms with Gasteiger partial charge in [0.15, 0.2) is 5.82 Å². The molecule has 3 aromatic rings. The maximum absolute atomic E-state index is 13.1. The summed E-state index contributed by atoms with van der Waals surface area (Å²) < 4.78 is 7.75. The summed E-state index contributed by atoms with van der Waals surface area (Å²) in [6.07, 6.45) is 7.42. The Labute approximate surface area is 186 Å². The SMILES string of the molecule is O=C(c1ccc(-n2cccn2)nc1)N1CCC[C@]2(CC1)CN(c1ccccc1)C(=O)CO2. The molecule has 5 rings (SSSR count). The van der Waals surface area contributed by atoms with Gasteiger partial charge < -0.3 is 14.5 Å². The molecule has 32 heavy (non-hydrogen) atoms. The molecule has 8 nitrogen and oxygen atoms in total. The maximum atomic E-state index is 13.1. The fourth-order valence-corrected chi connectivity index (χ4v) is 4.47. The van der Waals surface area contributed by atoms with Gasteiger partial charge in [-0.05, 0) is 49.6 Å². The van der Waals surface area contributed by atoms with E-state index in [9.17, 15) is 9.59 Å². The van der Waals surface area contributed by atoms with E-state index >= 15 is 0 Å². The zero-order valence-electron chi connectivity index (χ0n) is 17.8. The van der Waals surface area contributed by atoms with Gasteiger partial charge in [0.05, 0.1) is 17.7 Å². The number of rotatable bonds is 3. The zero-order valence-corrected chi connectivity index (χ0v) is 17.8. The van der Waals surface area contributed by atoms with Crippen molar-refractivity contribution in [3.63, 3.8) is 0 Å². The van der Waals surface area contributed by atoms with Gasteiger partial charge >= 0.3 is 0 Å². The number of morpholine rings is 1. The van der Waals surface area contributed by atoms with E-state index in [1.165, 1.54) is 0 Å². The van der Waals surface area contributed by atoms with Crippen LogP contribution in [0.5, 0.6) is 0 Å². The van der Waals surface area contributed by atoms with Crippen LogP contribution >= 0.6 is 0 Å². The lowest BCUT2D eigenvalue weighted by Crippen LogP contribution is -2.55. The minimum Gasteiger partial charge on any atom is -0.363 e. The molecule has 0 aliphatic carbocycles. The number of ether oxygens (including phenoxy) is 1. The predicted molar refractivity (Wildman–Crippen MR) is 119 cm³/mol. The van der Waals surface area contributed by atoms with Crippen molar-refractivity contribution < 1.29 is 14.3 Å². The first kappa shape index (κ1) is 20.4. The molecule has 2 fully saturated rings. The van der Waals surface area contributed by atoms with Gasteiger partial charge in [0.25, 0.3) is 11.8 Å². The van der Waals surface area contributed by atoms with E-state index in [-0.39, 0.29) is 18.4 Å². The minimum absolute atomic E-state index is 0.0256. The number of benzene rings is 1. The average Bonchev–Trinajstić information content (AvgIpc) is 3.30. The number of carbonyl (C=O) groups excluding carboxylic acids is 2. The Bertz CT molecular complexity index is 1080. The number of anilines is 1. The molecule has 2 aliphatic heterocycles. The van der Waals surface area contributed by atoms with Crippen LogP contribution < -0.4 is 4.90 Å². The van der Waals surface area contributed by atoms with Crippen LogP contribution in [-0.2, 0) is 9.53 Å². The van der Waals surface area contributed by atoms with Crippen molar-refractivity contribution in [3.8, 4) is 5.82 Å². The van der Waals surface area contributed by atoms with Crippen molar-refractivity contribution in [2.75, 3.05) is 31.1 Å². The molecule has 2 amide bonds. The molecule has 8 heteroatoms. The summed E-state index contributed by atoms with van der Waals surface area (Å²) in [5, 5.41) is 4.16. The van der Waals surface area contributed by atoms with Crippen LogP contribution in [0.2, 0.25) is 0 Å². The highest BCUT2D eigenvalue weighted by Crippen LogP contribution is 2.33. The van der Waals surface area contributed by atoms with E-state index in [1.807, 2.05) is 52.4 Å². The summed E-state index contributed by atoms with van der Waals surface area (Å²) in [5.74, 6) is 0.610. The normalized spacial score (nSPS) is 21.6. The van der Waals surface area contributed by atoms with Crippen LogP contribution in [0.25, 0.3) is 5.82 Å².